The smallest absolute Gasteiger partial charge is 0.327 e. The number of hydrogen-bond donors (Lipinski definition) is 2. The number of carbonyl (C=O) groups is 2. The van der Waals surface area contributed by atoms with Crippen molar-refractivity contribution >= 4 is 35.0 Å². The number of carbonyl (C=O) groups excluding carboxylic acids is 2. The molecule has 1 rings (SSSR count). The molecule has 0 unspecified atom stereocenters. The number of hydrogen-bond acceptors (Lipinski definition) is 4. The van der Waals surface area contributed by atoms with Crippen LogP contribution in [0, 0.1) is 10.1 Å². The Morgan fingerprint density at radius 2 is 2.00 bits per heavy atom. The van der Waals surface area contributed by atoms with Crippen LogP contribution in [0.25, 0.3) is 0 Å². The Labute approximate surface area is 113 Å². The Kier molecular flexibility index (Phi) is 4.65. The number of nitrogens with one attached hydrogen (secondary N) is 2. The van der Waals surface area contributed by atoms with E-state index in [-0.39, 0.29) is 16.4 Å². The summed E-state index contributed by atoms with van der Waals surface area (Å²) in [7, 11) is 2.94. The van der Waals surface area contributed by atoms with Gasteiger partial charge in [-0.3, -0.25) is 15.4 Å². The molecule has 4 amide bonds. The quantitative estimate of drug-likeness (QED) is 0.641. The zero-order valence-electron chi connectivity index (χ0n) is 10.1. The van der Waals surface area contributed by atoms with Gasteiger partial charge in [0.15, 0.2) is 0 Å². The number of amides is 4. The summed E-state index contributed by atoms with van der Waals surface area (Å²) in [6.07, 6.45) is 0. The zero-order valence-corrected chi connectivity index (χ0v) is 10.9. The molecule has 0 aromatic heterocycles. The predicted molar refractivity (Wildman–Crippen MR) is 69.3 cm³/mol. The number of anilines is 1. The van der Waals surface area contributed by atoms with Gasteiger partial charge in [-0.05, 0) is 12.1 Å². The average molecular weight is 287 g/mol. The number of urea groups is 2. The predicted octanol–water partition coefficient (Wildman–Crippen LogP) is 2.05. The fourth-order valence-corrected chi connectivity index (χ4v) is 1.29. The second-order valence-corrected chi connectivity index (χ2v) is 4.11. The van der Waals surface area contributed by atoms with Gasteiger partial charge in [-0.15, -0.1) is 0 Å². The SMILES string of the molecule is CN(C)C(=O)NC(=O)Nc1ccc(Cl)c([N+](=O)[O-])c1. The number of benzene rings is 1. The van der Waals surface area contributed by atoms with E-state index in [9.17, 15) is 19.7 Å². The highest BCUT2D eigenvalue weighted by Crippen LogP contribution is 2.27. The van der Waals surface area contributed by atoms with E-state index in [1.165, 1.54) is 31.1 Å². The summed E-state index contributed by atoms with van der Waals surface area (Å²) in [5.41, 5.74) is -0.182. The molecule has 0 aliphatic carbocycles. The van der Waals surface area contributed by atoms with Crippen molar-refractivity contribution in [1.29, 1.82) is 0 Å². The molecule has 0 bridgehead atoms. The maximum atomic E-state index is 11.4. The van der Waals surface area contributed by atoms with Crippen molar-refractivity contribution in [3.8, 4) is 0 Å². The number of halogens is 1. The number of nitrogens with zero attached hydrogens (tertiary/aromatic N) is 2. The third-order valence-electron chi connectivity index (χ3n) is 2.03. The van der Waals surface area contributed by atoms with Gasteiger partial charge in [0.25, 0.3) is 5.69 Å². The molecule has 1 aromatic carbocycles. The van der Waals surface area contributed by atoms with Crippen molar-refractivity contribution in [2.75, 3.05) is 19.4 Å². The van der Waals surface area contributed by atoms with E-state index in [0.717, 1.165) is 6.07 Å². The zero-order chi connectivity index (χ0) is 14.6. The molecule has 1 aromatic rings. The maximum Gasteiger partial charge on any atom is 0.327 e. The van der Waals surface area contributed by atoms with Gasteiger partial charge in [0.05, 0.1) is 4.92 Å². The lowest BCUT2D eigenvalue weighted by Gasteiger charge is -2.11. The van der Waals surface area contributed by atoms with Crippen LogP contribution in [0.4, 0.5) is 21.0 Å². The Hall–Kier alpha value is -2.35. The molecule has 0 saturated carbocycles. The highest BCUT2D eigenvalue weighted by molar-refractivity contribution is 6.32. The first kappa shape index (κ1) is 14.7. The van der Waals surface area contributed by atoms with Crippen molar-refractivity contribution in [2.24, 2.45) is 0 Å². The summed E-state index contributed by atoms with van der Waals surface area (Å²) in [6, 6.07) is 2.36. The first-order chi connectivity index (χ1) is 8.81. The molecular weight excluding hydrogens is 276 g/mol. The van der Waals surface area contributed by atoms with E-state index in [2.05, 4.69) is 5.32 Å². The van der Waals surface area contributed by atoms with Crippen molar-refractivity contribution in [2.45, 2.75) is 0 Å². The van der Waals surface area contributed by atoms with Gasteiger partial charge in [-0.1, -0.05) is 11.6 Å². The summed E-state index contributed by atoms with van der Waals surface area (Å²) < 4.78 is 0. The number of nitro groups is 1. The van der Waals surface area contributed by atoms with Crippen LogP contribution in [0.3, 0.4) is 0 Å². The molecule has 0 heterocycles. The van der Waals surface area contributed by atoms with Crippen molar-refractivity contribution in [1.82, 2.24) is 10.2 Å². The van der Waals surface area contributed by atoms with Crippen LogP contribution >= 0.6 is 11.6 Å². The van der Waals surface area contributed by atoms with Crippen LogP contribution in [-0.4, -0.2) is 36.0 Å². The second kappa shape index (κ2) is 6.01. The molecule has 2 N–H and O–H groups in total. The van der Waals surface area contributed by atoms with Crippen LogP contribution in [-0.2, 0) is 0 Å². The van der Waals surface area contributed by atoms with Crippen LogP contribution in [0.2, 0.25) is 5.02 Å². The van der Waals surface area contributed by atoms with E-state index in [1.807, 2.05) is 5.32 Å². The molecule has 9 heteroatoms. The summed E-state index contributed by atoms with van der Waals surface area (Å²) in [4.78, 5) is 33.8. The Morgan fingerprint density at radius 3 is 2.53 bits per heavy atom. The Morgan fingerprint density at radius 1 is 1.37 bits per heavy atom. The van der Waals surface area contributed by atoms with E-state index in [4.69, 9.17) is 11.6 Å². The fraction of sp³-hybridized carbons (Fsp3) is 0.200. The van der Waals surface area contributed by atoms with Gasteiger partial charge in [-0.2, -0.15) is 0 Å². The molecule has 19 heavy (non-hydrogen) atoms. The minimum atomic E-state index is -0.796. The molecular formula is C10H11ClN4O4. The lowest BCUT2D eigenvalue weighted by molar-refractivity contribution is -0.384. The van der Waals surface area contributed by atoms with Gasteiger partial charge in [-0.25, -0.2) is 9.59 Å². The lowest BCUT2D eigenvalue weighted by Crippen LogP contribution is -2.40. The third kappa shape index (κ3) is 4.11. The van der Waals surface area contributed by atoms with E-state index >= 15 is 0 Å². The van der Waals surface area contributed by atoms with E-state index in [1.54, 1.807) is 0 Å². The summed E-state index contributed by atoms with van der Waals surface area (Å²) in [5, 5.41) is 14.9. The lowest BCUT2D eigenvalue weighted by atomic mass is 10.3. The minimum Gasteiger partial charge on any atom is -0.331 e. The Balaban J connectivity index is 2.78. The van der Waals surface area contributed by atoms with Crippen molar-refractivity contribution in [3.05, 3.63) is 33.3 Å². The number of nitro benzene ring substituents is 1. The van der Waals surface area contributed by atoms with Crippen molar-refractivity contribution in [3.63, 3.8) is 0 Å². The normalized spacial score (nSPS) is 9.63. The van der Waals surface area contributed by atoms with Gasteiger partial charge in [0, 0.05) is 25.8 Å². The molecule has 0 spiro atoms. The monoisotopic (exact) mass is 286 g/mol. The Bertz CT molecular complexity index is 532. The fourth-order valence-electron chi connectivity index (χ4n) is 1.10. The van der Waals surface area contributed by atoms with E-state index in [0.29, 0.717) is 0 Å². The number of imide groups is 1. The standard InChI is InChI=1S/C10H11ClN4O4/c1-14(2)10(17)13-9(16)12-6-3-4-7(11)8(5-6)15(18)19/h3-5H,1-2H3,(H2,12,13,16,17). The van der Waals surface area contributed by atoms with E-state index < -0.39 is 17.0 Å². The largest absolute Gasteiger partial charge is 0.331 e. The summed E-state index contributed by atoms with van der Waals surface area (Å²) in [5.74, 6) is 0. The van der Waals surface area contributed by atoms with Gasteiger partial charge in [0.1, 0.15) is 5.02 Å². The van der Waals surface area contributed by atoms with Crippen LogP contribution in [0.15, 0.2) is 18.2 Å². The number of rotatable bonds is 2. The summed E-state index contributed by atoms with van der Waals surface area (Å²) in [6.45, 7) is 0. The highest BCUT2D eigenvalue weighted by atomic mass is 35.5. The first-order valence-corrected chi connectivity index (χ1v) is 5.42. The molecule has 0 aliphatic rings. The topological polar surface area (TPSA) is 105 Å². The molecule has 102 valence electrons. The minimum absolute atomic E-state index is 0.0414. The second-order valence-electron chi connectivity index (χ2n) is 3.70. The summed E-state index contributed by atoms with van der Waals surface area (Å²) >= 11 is 5.62. The van der Waals surface area contributed by atoms with Crippen LogP contribution < -0.4 is 10.6 Å². The third-order valence-corrected chi connectivity index (χ3v) is 2.35. The van der Waals surface area contributed by atoms with Crippen LogP contribution in [0.5, 0.6) is 0 Å². The molecule has 0 saturated heterocycles. The molecule has 0 fully saturated rings. The highest BCUT2D eigenvalue weighted by Gasteiger charge is 2.15. The van der Waals surface area contributed by atoms with Crippen molar-refractivity contribution < 1.29 is 14.5 Å². The molecule has 0 atom stereocenters. The average Bonchev–Trinajstić information content (AvgIpc) is 2.30. The maximum absolute atomic E-state index is 11.4. The van der Waals surface area contributed by atoms with Gasteiger partial charge >= 0.3 is 12.1 Å². The first-order valence-electron chi connectivity index (χ1n) is 5.04. The van der Waals surface area contributed by atoms with Crippen LogP contribution in [0.1, 0.15) is 0 Å². The van der Waals surface area contributed by atoms with Gasteiger partial charge in [0.2, 0.25) is 0 Å². The van der Waals surface area contributed by atoms with Gasteiger partial charge < -0.3 is 10.2 Å². The molecule has 0 aliphatic heterocycles. The molecule has 0 radical (unpaired) electrons. The molecule has 8 nitrogen and oxygen atoms in total.